The van der Waals surface area contributed by atoms with Crippen LogP contribution in [0.5, 0.6) is 0 Å². The van der Waals surface area contributed by atoms with Gasteiger partial charge in [-0.15, -0.1) is 0 Å². The molecule has 0 aliphatic carbocycles. The first-order valence-corrected chi connectivity index (χ1v) is 8.66. The van der Waals surface area contributed by atoms with Crippen LogP contribution in [-0.2, 0) is 10.0 Å². The smallest absolute Gasteiger partial charge is 0.265 e. The Balaban J connectivity index is 1.98. The van der Waals surface area contributed by atoms with E-state index in [1.54, 1.807) is 19.9 Å². The van der Waals surface area contributed by atoms with Gasteiger partial charge in [-0.25, -0.2) is 12.8 Å². The molecule has 0 radical (unpaired) electrons. The van der Waals surface area contributed by atoms with Gasteiger partial charge in [0.15, 0.2) is 5.76 Å². The highest BCUT2D eigenvalue weighted by molar-refractivity contribution is 7.92. The molecule has 0 spiro atoms. The Bertz CT molecular complexity index is 1010. The van der Waals surface area contributed by atoms with Crippen LogP contribution >= 0.6 is 0 Å². The molecule has 24 heavy (non-hydrogen) atoms. The number of hydrogen-bond acceptors (Lipinski definition) is 4. The van der Waals surface area contributed by atoms with Gasteiger partial charge in [0.1, 0.15) is 22.2 Å². The molecule has 0 fully saturated rings. The number of rotatable bonds is 4. The van der Waals surface area contributed by atoms with Crippen LogP contribution in [0.15, 0.2) is 39.6 Å². The van der Waals surface area contributed by atoms with Gasteiger partial charge in [0.05, 0.1) is 5.69 Å². The van der Waals surface area contributed by atoms with Crippen molar-refractivity contribution in [1.29, 1.82) is 0 Å². The highest BCUT2D eigenvalue weighted by Gasteiger charge is 2.23. The Morgan fingerprint density at radius 1 is 1.17 bits per heavy atom. The third kappa shape index (κ3) is 3.05. The standard InChI is InChI=1S/C16H16FN3O3S/c1-9-4-5-12(17)7-13(9)20-24(21,22)16-8-15(23-11(16)3)14-6-10(2)18-19-14/h4-8,20H,1-3H3,(H,18,19). The molecular formula is C16H16FN3O3S. The van der Waals surface area contributed by atoms with E-state index >= 15 is 0 Å². The van der Waals surface area contributed by atoms with Crippen molar-refractivity contribution in [3.05, 3.63) is 53.2 Å². The van der Waals surface area contributed by atoms with Gasteiger partial charge in [0.25, 0.3) is 10.0 Å². The largest absolute Gasteiger partial charge is 0.458 e. The molecule has 0 saturated carbocycles. The molecule has 8 heteroatoms. The van der Waals surface area contributed by atoms with Gasteiger partial charge in [-0.05, 0) is 44.5 Å². The van der Waals surface area contributed by atoms with E-state index in [9.17, 15) is 12.8 Å². The third-order valence-electron chi connectivity index (χ3n) is 3.56. The van der Waals surface area contributed by atoms with Crippen molar-refractivity contribution >= 4 is 15.7 Å². The molecule has 2 heterocycles. The van der Waals surface area contributed by atoms with Crippen molar-refractivity contribution < 1.29 is 17.2 Å². The van der Waals surface area contributed by atoms with E-state index in [1.165, 1.54) is 18.2 Å². The SMILES string of the molecule is Cc1cc(-c2cc(S(=O)(=O)Nc3cc(F)ccc3C)c(C)o2)n[nH]1. The second-order valence-corrected chi connectivity index (χ2v) is 7.18. The summed E-state index contributed by atoms with van der Waals surface area (Å²) in [5.74, 6) is 0.0512. The van der Waals surface area contributed by atoms with Crippen LogP contribution in [-0.4, -0.2) is 18.6 Å². The number of nitrogens with zero attached hydrogens (tertiary/aromatic N) is 1. The van der Waals surface area contributed by atoms with Crippen molar-refractivity contribution in [2.45, 2.75) is 25.7 Å². The van der Waals surface area contributed by atoms with Gasteiger partial charge >= 0.3 is 0 Å². The molecule has 0 aliphatic heterocycles. The number of hydrogen-bond donors (Lipinski definition) is 2. The second kappa shape index (κ2) is 5.79. The van der Waals surface area contributed by atoms with Crippen LogP contribution in [0.25, 0.3) is 11.5 Å². The van der Waals surface area contributed by atoms with E-state index in [0.29, 0.717) is 17.0 Å². The van der Waals surface area contributed by atoms with E-state index < -0.39 is 15.8 Å². The lowest BCUT2D eigenvalue weighted by atomic mass is 10.2. The molecule has 126 valence electrons. The summed E-state index contributed by atoms with van der Waals surface area (Å²) in [5.41, 5.74) is 2.15. The minimum Gasteiger partial charge on any atom is -0.458 e. The topological polar surface area (TPSA) is 88.0 Å². The van der Waals surface area contributed by atoms with Crippen molar-refractivity contribution in [2.75, 3.05) is 4.72 Å². The Morgan fingerprint density at radius 3 is 2.58 bits per heavy atom. The average molecular weight is 349 g/mol. The Morgan fingerprint density at radius 2 is 1.92 bits per heavy atom. The van der Waals surface area contributed by atoms with E-state index in [0.717, 1.165) is 11.8 Å². The fourth-order valence-corrected chi connectivity index (χ4v) is 3.61. The maximum Gasteiger partial charge on any atom is 0.265 e. The maximum atomic E-state index is 13.4. The van der Waals surface area contributed by atoms with Gasteiger partial charge in [0, 0.05) is 11.8 Å². The molecule has 2 N–H and O–H groups in total. The minimum atomic E-state index is -3.91. The molecule has 0 amide bonds. The van der Waals surface area contributed by atoms with Crippen LogP contribution < -0.4 is 4.72 Å². The first-order chi connectivity index (χ1) is 11.3. The second-order valence-electron chi connectivity index (χ2n) is 5.53. The number of aromatic nitrogens is 2. The van der Waals surface area contributed by atoms with Crippen molar-refractivity contribution in [3.63, 3.8) is 0 Å². The van der Waals surface area contributed by atoms with Crippen LogP contribution in [0.3, 0.4) is 0 Å². The molecular weight excluding hydrogens is 333 g/mol. The van der Waals surface area contributed by atoms with Gasteiger partial charge in [-0.1, -0.05) is 6.07 Å². The fraction of sp³-hybridized carbons (Fsp3) is 0.188. The summed E-state index contributed by atoms with van der Waals surface area (Å²) in [6.07, 6.45) is 0. The molecule has 6 nitrogen and oxygen atoms in total. The minimum absolute atomic E-state index is 0.0122. The maximum absolute atomic E-state index is 13.4. The zero-order chi connectivity index (χ0) is 17.5. The number of anilines is 1. The summed E-state index contributed by atoms with van der Waals surface area (Å²) in [5, 5.41) is 6.82. The van der Waals surface area contributed by atoms with Gasteiger partial charge in [0.2, 0.25) is 0 Å². The lowest BCUT2D eigenvalue weighted by Crippen LogP contribution is -2.14. The lowest BCUT2D eigenvalue weighted by molar-refractivity contribution is 0.533. The summed E-state index contributed by atoms with van der Waals surface area (Å²) < 4.78 is 46.5. The van der Waals surface area contributed by atoms with E-state index in [-0.39, 0.29) is 16.3 Å². The fourth-order valence-electron chi connectivity index (χ4n) is 2.31. The summed E-state index contributed by atoms with van der Waals surface area (Å²) in [6.45, 7) is 5.08. The van der Waals surface area contributed by atoms with Crippen molar-refractivity contribution in [3.8, 4) is 11.5 Å². The molecule has 0 atom stereocenters. The number of furan rings is 1. The van der Waals surface area contributed by atoms with Gasteiger partial charge < -0.3 is 4.42 Å². The normalized spacial score (nSPS) is 11.7. The zero-order valence-electron chi connectivity index (χ0n) is 13.3. The summed E-state index contributed by atoms with van der Waals surface area (Å²) in [7, 11) is -3.91. The molecule has 0 unspecified atom stereocenters. The zero-order valence-corrected chi connectivity index (χ0v) is 14.2. The number of benzene rings is 1. The third-order valence-corrected chi connectivity index (χ3v) is 5.04. The number of aromatic amines is 1. The van der Waals surface area contributed by atoms with Crippen LogP contribution in [0.1, 0.15) is 17.0 Å². The van der Waals surface area contributed by atoms with Crippen molar-refractivity contribution in [1.82, 2.24) is 10.2 Å². The van der Waals surface area contributed by atoms with Crippen LogP contribution in [0, 0.1) is 26.6 Å². The number of sulfonamides is 1. The van der Waals surface area contributed by atoms with E-state index in [4.69, 9.17) is 4.42 Å². The number of H-pyrrole nitrogens is 1. The summed E-state index contributed by atoms with van der Waals surface area (Å²) >= 11 is 0. The molecule has 0 bridgehead atoms. The van der Waals surface area contributed by atoms with Crippen LogP contribution in [0.2, 0.25) is 0 Å². The highest BCUT2D eigenvalue weighted by Crippen LogP contribution is 2.29. The first-order valence-electron chi connectivity index (χ1n) is 7.18. The number of halogens is 1. The van der Waals surface area contributed by atoms with Gasteiger partial charge in [-0.3, -0.25) is 9.82 Å². The van der Waals surface area contributed by atoms with Gasteiger partial charge in [-0.2, -0.15) is 5.10 Å². The molecule has 0 aliphatic rings. The molecule has 3 rings (SSSR count). The number of nitrogens with one attached hydrogen (secondary N) is 2. The van der Waals surface area contributed by atoms with Crippen molar-refractivity contribution in [2.24, 2.45) is 0 Å². The monoisotopic (exact) mass is 349 g/mol. The Hall–Kier alpha value is -2.61. The molecule has 1 aromatic carbocycles. The van der Waals surface area contributed by atoms with Crippen LogP contribution in [0.4, 0.5) is 10.1 Å². The molecule has 0 saturated heterocycles. The summed E-state index contributed by atoms with van der Waals surface area (Å²) in [6, 6.07) is 7.07. The molecule has 2 aromatic heterocycles. The van der Waals surface area contributed by atoms with E-state index in [2.05, 4.69) is 14.9 Å². The predicted octanol–water partition coefficient (Wildman–Crippen LogP) is 3.53. The van der Waals surface area contributed by atoms with E-state index in [1.807, 2.05) is 6.92 Å². The summed E-state index contributed by atoms with van der Waals surface area (Å²) in [4.78, 5) is -0.0122. The highest BCUT2D eigenvalue weighted by atomic mass is 32.2. The predicted molar refractivity (Wildman–Crippen MR) is 87.7 cm³/mol. The quantitative estimate of drug-likeness (QED) is 0.754. The first kappa shape index (κ1) is 16.3. The lowest BCUT2D eigenvalue weighted by Gasteiger charge is -2.09. The molecule has 3 aromatic rings. The average Bonchev–Trinajstić information content (AvgIpc) is 3.09. The number of aryl methyl sites for hydroxylation is 3. The Labute approximate surface area is 138 Å². The Kier molecular flexibility index (Phi) is 3.92.